The van der Waals surface area contributed by atoms with E-state index in [0.717, 1.165) is 12.1 Å². The lowest BCUT2D eigenvalue weighted by molar-refractivity contribution is 0.102. The molecule has 1 aromatic carbocycles. The minimum absolute atomic E-state index is 0.326. The van der Waals surface area contributed by atoms with Gasteiger partial charge in [-0.25, -0.2) is 0 Å². The van der Waals surface area contributed by atoms with Crippen LogP contribution in [0.5, 0.6) is 0 Å². The summed E-state index contributed by atoms with van der Waals surface area (Å²) in [6, 6.07) is 6.53. The second-order valence-corrected chi connectivity index (χ2v) is 6.37. The number of benzene rings is 1. The molecule has 3 aromatic rings. The number of fused-ring (bicyclic) bond motifs is 1. The van der Waals surface area contributed by atoms with Crippen LogP contribution in [0, 0.1) is 5.92 Å². The molecule has 130 valence electrons. The predicted molar refractivity (Wildman–Crippen MR) is 94.9 cm³/mol. The minimum Gasteiger partial charge on any atom is -0.316 e. The maximum atomic E-state index is 12.5. The Labute approximate surface area is 142 Å². The van der Waals surface area contributed by atoms with Crippen molar-refractivity contribution in [2.24, 2.45) is 13.0 Å². The fraction of sp³-hybridized carbons (Fsp3) is 0.294. The molecule has 0 saturated carbocycles. The molecule has 0 aliphatic heterocycles. The van der Waals surface area contributed by atoms with Crippen molar-refractivity contribution in [1.29, 1.82) is 0 Å². The summed E-state index contributed by atoms with van der Waals surface area (Å²) >= 11 is 0. The Morgan fingerprint density at radius 2 is 1.84 bits per heavy atom. The van der Waals surface area contributed by atoms with E-state index in [1.54, 1.807) is 23.9 Å². The molecule has 0 unspecified atom stereocenters. The van der Waals surface area contributed by atoms with Gasteiger partial charge in [-0.05, 0) is 30.5 Å². The summed E-state index contributed by atoms with van der Waals surface area (Å²) < 4.78 is 1.62. The number of aromatic amines is 2. The van der Waals surface area contributed by atoms with Gasteiger partial charge < -0.3 is 15.3 Å². The number of hydrogen-bond acceptors (Lipinski definition) is 4. The van der Waals surface area contributed by atoms with Gasteiger partial charge in [-0.15, -0.1) is 0 Å². The average Bonchev–Trinajstić information content (AvgIpc) is 2.86. The van der Waals surface area contributed by atoms with Gasteiger partial charge in [-0.2, -0.15) is 5.10 Å². The predicted octanol–water partition coefficient (Wildman–Crippen LogP) is 1.40. The number of nitrogens with zero attached hydrogens (tertiary/aromatic N) is 2. The molecular weight excluding hydrogens is 322 g/mol. The lowest BCUT2D eigenvalue weighted by Gasteiger charge is -2.06. The summed E-state index contributed by atoms with van der Waals surface area (Å²) in [6.45, 7) is 4.21. The fourth-order valence-electron chi connectivity index (χ4n) is 2.61. The molecule has 8 nitrogen and oxygen atoms in total. The lowest BCUT2D eigenvalue weighted by atomic mass is 10.1. The van der Waals surface area contributed by atoms with Crippen LogP contribution in [0.1, 0.15) is 29.9 Å². The van der Waals surface area contributed by atoms with Crippen LogP contribution in [0.4, 0.5) is 5.82 Å². The molecular formula is C17H19N5O3. The van der Waals surface area contributed by atoms with Crippen molar-refractivity contribution >= 4 is 22.8 Å². The molecule has 2 aromatic heterocycles. The Hall–Kier alpha value is -3.16. The van der Waals surface area contributed by atoms with Crippen LogP contribution < -0.4 is 16.4 Å². The summed E-state index contributed by atoms with van der Waals surface area (Å²) in [5, 5.41) is 7.19. The standard InChI is InChI=1S/C17H19N5O3/c1-9(2)6-11-8-14(22(3)21-11)20-15(23)10-4-5-12-13(7-10)19-17(25)16(24)18-12/h4-5,7-9H,6H2,1-3H3,(H,18,24)(H,19,25)(H,20,23). The first-order chi connectivity index (χ1) is 11.8. The fourth-order valence-corrected chi connectivity index (χ4v) is 2.61. The number of amides is 1. The van der Waals surface area contributed by atoms with E-state index in [9.17, 15) is 14.4 Å². The maximum Gasteiger partial charge on any atom is 0.314 e. The number of carbonyl (C=O) groups is 1. The van der Waals surface area contributed by atoms with Gasteiger partial charge in [0.25, 0.3) is 5.91 Å². The topological polar surface area (TPSA) is 113 Å². The first-order valence-corrected chi connectivity index (χ1v) is 7.94. The third-order valence-corrected chi connectivity index (χ3v) is 3.77. The summed E-state index contributed by atoms with van der Waals surface area (Å²) in [7, 11) is 1.77. The lowest BCUT2D eigenvalue weighted by Crippen LogP contribution is -2.29. The normalized spacial score (nSPS) is 11.2. The molecule has 0 atom stereocenters. The maximum absolute atomic E-state index is 12.5. The molecule has 1 amide bonds. The number of rotatable bonds is 4. The van der Waals surface area contributed by atoms with E-state index in [1.165, 1.54) is 6.07 Å². The second-order valence-electron chi connectivity index (χ2n) is 6.37. The smallest absolute Gasteiger partial charge is 0.314 e. The van der Waals surface area contributed by atoms with Gasteiger partial charge in [-0.3, -0.25) is 19.1 Å². The van der Waals surface area contributed by atoms with Crippen molar-refractivity contribution in [2.45, 2.75) is 20.3 Å². The second kappa shape index (κ2) is 6.39. The number of aryl methyl sites for hydroxylation is 1. The van der Waals surface area contributed by atoms with E-state index < -0.39 is 11.1 Å². The Morgan fingerprint density at radius 3 is 2.52 bits per heavy atom. The molecule has 2 heterocycles. The zero-order chi connectivity index (χ0) is 18.1. The molecule has 0 bridgehead atoms. The van der Waals surface area contributed by atoms with E-state index in [4.69, 9.17) is 0 Å². The van der Waals surface area contributed by atoms with Crippen molar-refractivity contribution < 1.29 is 4.79 Å². The van der Waals surface area contributed by atoms with E-state index in [0.29, 0.717) is 28.3 Å². The molecule has 0 radical (unpaired) electrons. The van der Waals surface area contributed by atoms with Crippen LogP contribution >= 0.6 is 0 Å². The van der Waals surface area contributed by atoms with Gasteiger partial charge in [0.15, 0.2) is 0 Å². The monoisotopic (exact) mass is 341 g/mol. The molecule has 0 spiro atoms. The van der Waals surface area contributed by atoms with Gasteiger partial charge in [0.1, 0.15) is 5.82 Å². The minimum atomic E-state index is -0.755. The third kappa shape index (κ3) is 3.52. The van der Waals surface area contributed by atoms with Crippen LogP contribution in [0.15, 0.2) is 33.9 Å². The highest BCUT2D eigenvalue weighted by molar-refractivity contribution is 6.05. The quantitative estimate of drug-likeness (QED) is 0.623. The third-order valence-electron chi connectivity index (χ3n) is 3.77. The SMILES string of the molecule is CC(C)Cc1cc(NC(=O)c2ccc3[nH]c(=O)c(=O)[nH]c3c2)n(C)n1. The number of aromatic nitrogens is 4. The van der Waals surface area contributed by atoms with E-state index in [2.05, 4.69) is 34.2 Å². The van der Waals surface area contributed by atoms with Gasteiger partial charge >= 0.3 is 11.1 Å². The Morgan fingerprint density at radius 1 is 1.16 bits per heavy atom. The van der Waals surface area contributed by atoms with Crippen LogP contribution in [-0.4, -0.2) is 25.7 Å². The number of nitrogens with one attached hydrogen (secondary N) is 3. The van der Waals surface area contributed by atoms with Crippen molar-refractivity contribution in [1.82, 2.24) is 19.7 Å². The summed E-state index contributed by atoms with van der Waals surface area (Å²) in [6.07, 6.45) is 0.828. The highest BCUT2D eigenvalue weighted by Crippen LogP contribution is 2.15. The van der Waals surface area contributed by atoms with Gasteiger partial charge in [-0.1, -0.05) is 13.8 Å². The first-order valence-electron chi connectivity index (χ1n) is 7.94. The van der Waals surface area contributed by atoms with Crippen molar-refractivity contribution in [3.8, 4) is 0 Å². The molecule has 0 fully saturated rings. The number of carbonyl (C=O) groups excluding carboxylic acids is 1. The van der Waals surface area contributed by atoms with E-state index in [1.807, 2.05) is 6.07 Å². The van der Waals surface area contributed by atoms with Crippen molar-refractivity contribution in [2.75, 3.05) is 5.32 Å². The van der Waals surface area contributed by atoms with Crippen molar-refractivity contribution in [3.63, 3.8) is 0 Å². The summed E-state index contributed by atoms with van der Waals surface area (Å²) in [5.41, 5.74) is 0.644. The van der Waals surface area contributed by atoms with Crippen LogP contribution in [0.3, 0.4) is 0 Å². The molecule has 0 aliphatic carbocycles. The molecule has 0 saturated heterocycles. The van der Waals surface area contributed by atoms with E-state index >= 15 is 0 Å². The molecule has 25 heavy (non-hydrogen) atoms. The molecule has 0 aliphatic rings. The van der Waals surface area contributed by atoms with Gasteiger partial charge in [0.2, 0.25) is 0 Å². The first kappa shape index (κ1) is 16.7. The zero-order valence-corrected chi connectivity index (χ0v) is 14.2. The van der Waals surface area contributed by atoms with E-state index in [-0.39, 0.29) is 5.91 Å². The zero-order valence-electron chi connectivity index (χ0n) is 14.2. The van der Waals surface area contributed by atoms with Crippen LogP contribution in [-0.2, 0) is 13.5 Å². The Kier molecular flexibility index (Phi) is 4.26. The molecule has 3 N–H and O–H groups in total. The van der Waals surface area contributed by atoms with Gasteiger partial charge in [0, 0.05) is 18.7 Å². The number of anilines is 1. The van der Waals surface area contributed by atoms with Crippen LogP contribution in [0.2, 0.25) is 0 Å². The molecule has 3 rings (SSSR count). The average molecular weight is 341 g/mol. The summed E-state index contributed by atoms with van der Waals surface area (Å²) in [5.74, 6) is 0.738. The largest absolute Gasteiger partial charge is 0.316 e. The van der Waals surface area contributed by atoms with Crippen molar-refractivity contribution in [3.05, 3.63) is 56.2 Å². The highest BCUT2D eigenvalue weighted by atomic mass is 16.2. The number of hydrogen-bond donors (Lipinski definition) is 3. The Balaban J connectivity index is 1.87. The summed E-state index contributed by atoms with van der Waals surface area (Å²) in [4.78, 5) is 40.1. The Bertz CT molecular complexity index is 1060. The molecule has 8 heteroatoms. The highest BCUT2D eigenvalue weighted by Gasteiger charge is 2.12. The van der Waals surface area contributed by atoms with Crippen LogP contribution in [0.25, 0.3) is 11.0 Å². The van der Waals surface area contributed by atoms with Gasteiger partial charge in [0.05, 0.1) is 16.7 Å². The number of H-pyrrole nitrogens is 2.